The van der Waals surface area contributed by atoms with E-state index in [1.54, 1.807) is 0 Å². The maximum absolute atomic E-state index is 12.7. The molecule has 0 radical (unpaired) electrons. The molecule has 2 N–H and O–H groups in total. The third-order valence-electron chi connectivity index (χ3n) is 5.13. The number of hydrogen-bond donors (Lipinski definition) is 2. The van der Waals surface area contributed by atoms with Crippen LogP contribution in [0.15, 0.2) is 18.2 Å². The van der Waals surface area contributed by atoms with E-state index in [9.17, 15) is 4.79 Å². The molecule has 24 heavy (non-hydrogen) atoms. The Kier molecular flexibility index (Phi) is 6.45. The van der Waals surface area contributed by atoms with E-state index in [0.29, 0.717) is 30.2 Å². The molecule has 1 aliphatic heterocycles. The van der Waals surface area contributed by atoms with E-state index < -0.39 is 0 Å². The van der Waals surface area contributed by atoms with Crippen molar-refractivity contribution in [3.05, 3.63) is 29.3 Å². The molecule has 0 aromatic heterocycles. The predicted octanol–water partition coefficient (Wildman–Crippen LogP) is 3.43. The second-order valence-corrected chi connectivity index (χ2v) is 8.45. The number of likely N-dealkylation sites (tertiary alicyclic amines) is 1. The molecule has 2 rings (SSSR count). The lowest BCUT2D eigenvalue weighted by molar-refractivity contribution is -0.904. The van der Waals surface area contributed by atoms with Crippen molar-refractivity contribution >= 4 is 11.6 Å². The summed E-state index contributed by atoms with van der Waals surface area (Å²) in [6.07, 6.45) is 1.29. The van der Waals surface area contributed by atoms with E-state index in [2.05, 4.69) is 65.1 Å². The molecule has 3 atom stereocenters. The SMILES string of the molecule is CC(C)c1cccc(C(C)C)c1NC(=O)C[NH+]1C[C@H](C)C[C@H](C)C1. The minimum Gasteiger partial charge on any atom is -0.327 e. The largest absolute Gasteiger partial charge is 0.327 e. The van der Waals surface area contributed by atoms with Gasteiger partial charge in [-0.15, -0.1) is 0 Å². The molecule has 1 aromatic carbocycles. The summed E-state index contributed by atoms with van der Waals surface area (Å²) in [5.41, 5.74) is 3.53. The molecule has 0 bridgehead atoms. The Morgan fingerprint density at radius 1 is 1.08 bits per heavy atom. The highest BCUT2D eigenvalue weighted by atomic mass is 16.2. The van der Waals surface area contributed by atoms with Gasteiger partial charge >= 0.3 is 0 Å². The van der Waals surface area contributed by atoms with E-state index in [4.69, 9.17) is 0 Å². The zero-order valence-electron chi connectivity index (χ0n) is 16.3. The van der Waals surface area contributed by atoms with E-state index in [0.717, 1.165) is 18.8 Å². The Morgan fingerprint density at radius 3 is 2.04 bits per heavy atom. The van der Waals surface area contributed by atoms with Gasteiger partial charge in [0.05, 0.1) is 13.1 Å². The molecular weight excluding hydrogens is 296 g/mol. The third-order valence-corrected chi connectivity index (χ3v) is 5.13. The van der Waals surface area contributed by atoms with Crippen molar-refractivity contribution in [3.63, 3.8) is 0 Å². The van der Waals surface area contributed by atoms with Crippen LogP contribution in [0, 0.1) is 11.8 Å². The zero-order chi connectivity index (χ0) is 17.9. The van der Waals surface area contributed by atoms with Crippen LogP contribution in [0.2, 0.25) is 0 Å². The lowest BCUT2D eigenvalue weighted by Crippen LogP contribution is -3.15. The first-order valence-corrected chi connectivity index (χ1v) is 9.54. The van der Waals surface area contributed by atoms with E-state index >= 15 is 0 Å². The molecule has 3 nitrogen and oxygen atoms in total. The number of para-hydroxylation sites is 1. The fourth-order valence-corrected chi connectivity index (χ4v) is 4.17. The van der Waals surface area contributed by atoms with Gasteiger partial charge in [0.1, 0.15) is 0 Å². The number of carbonyl (C=O) groups excluding carboxylic acids is 1. The van der Waals surface area contributed by atoms with Crippen LogP contribution in [0.4, 0.5) is 5.69 Å². The topological polar surface area (TPSA) is 33.5 Å². The number of nitrogens with one attached hydrogen (secondary N) is 2. The maximum Gasteiger partial charge on any atom is 0.279 e. The first-order valence-electron chi connectivity index (χ1n) is 9.54. The molecule has 0 saturated carbocycles. The Hall–Kier alpha value is -1.35. The smallest absolute Gasteiger partial charge is 0.279 e. The number of rotatable bonds is 5. The molecule has 1 unspecified atom stereocenters. The van der Waals surface area contributed by atoms with Crippen molar-refractivity contribution in [1.29, 1.82) is 0 Å². The molecule has 1 amide bonds. The summed E-state index contributed by atoms with van der Waals surface area (Å²) in [5.74, 6) is 2.39. The van der Waals surface area contributed by atoms with Gasteiger partial charge in [-0.25, -0.2) is 0 Å². The molecule has 0 aliphatic carbocycles. The number of hydrogen-bond acceptors (Lipinski definition) is 1. The van der Waals surface area contributed by atoms with Crippen LogP contribution in [0.1, 0.15) is 70.9 Å². The first kappa shape index (κ1) is 19.0. The van der Waals surface area contributed by atoms with Crippen molar-refractivity contribution in [2.75, 3.05) is 25.0 Å². The Morgan fingerprint density at radius 2 is 1.58 bits per heavy atom. The Balaban J connectivity index is 2.13. The predicted molar refractivity (Wildman–Crippen MR) is 102 cm³/mol. The highest BCUT2D eigenvalue weighted by molar-refractivity contribution is 5.93. The molecule has 1 heterocycles. The summed E-state index contributed by atoms with van der Waals surface area (Å²) in [7, 11) is 0. The molecule has 1 fully saturated rings. The molecule has 0 spiro atoms. The number of benzene rings is 1. The Labute approximate surface area is 147 Å². The van der Waals surface area contributed by atoms with E-state index in [1.165, 1.54) is 22.4 Å². The average molecular weight is 332 g/mol. The highest BCUT2D eigenvalue weighted by Gasteiger charge is 2.27. The van der Waals surface area contributed by atoms with Crippen LogP contribution in [0.5, 0.6) is 0 Å². The van der Waals surface area contributed by atoms with Crippen LogP contribution in [0.25, 0.3) is 0 Å². The van der Waals surface area contributed by atoms with Crippen molar-refractivity contribution in [3.8, 4) is 0 Å². The first-order chi connectivity index (χ1) is 11.3. The average Bonchev–Trinajstić information content (AvgIpc) is 2.45. The second kappa shape index (κ2) is 8.15. The van der Waals surface area contributed by atoms with E-state index in [1.807, 2.05) is 0 Å². The monoisotopic (exact) mass is 331 g/mol. The van der Waals surface area contributed by atoms with Crippen molar-refractivity contribution in [1.82, 2.24) is 0 Å². The van der Waals surface area contributed by atoms with Gasteiger partial charge in [-0.1, -0.05) is 59.7 Å². The van der Waals surface area contributed by atoms with Crippen LogP contribution >= 0.6 is 0 Å². The molecule has 1 aliphatic rings. The number of carbonyl (C=O) groups is 1. The second-order valence-electron chi connectivity index (χ2n) is 8.45. The van der Waals surface area contributed by atoms with Crippen LogP contribution in [-0.2, 0) is 4.79 Å². The molecule has 1 saturated heterocycles. The fraction of sp³-hybridized carbons (Fsp3) is 0.667. The summed E-state index contributed by atoms with van der Waals surface area (Å²) >= 11 is 0. The lowest BCUT2D eigenvalue weighted by atomic mass is 9.91. The normalized spacial score (nSPS) is 24.4. The quantitative estimate of drug-likeness (QED) is 0.851. The number of piperidine rings is 1. The highest BCUT2D eigenvalue weighted by Crippen LogP contribution is 2.32. The van der Waals surface area contributed by atoms with Gasteiger partial charge in [0.15, 0.2) is 6.54 Å². The van der Waals surface area contributed by atoms with Crippen LogP contribution < -0.4 is 10.2 Å². The standard InChI is InChI=1S/C21H34N2O/c1-14(2)18-8-7-9-19(15(3)4)21(18)22-20(24)13-23-11-16(5)10-17(6)12-23/h7-9,14-17H,10-13H2,1-6H3,(H,22,24)/p+1/t16-,17+. The van der Waals surface area contributed by atoms with Gasteiger partial charge in [0, 0.05) is 17.5 Å². The van der Waals surface area contributed by atoms with Crippen molar-refractivity contribution < 1.29 is 9.69 Å². The molecule has 3 heteroatoms. The summed E-state index contributed by atoms with van der Waals surface area (Å²) < 4.78 is 0. The number of amides is 1. The zero-order valence-corrected chi connectivity index (χ0v) is 16.3. The van der Waals surface area contributed by atoms with Crippen LogP contribution in [-0.4, -0.2) is 25.5 Å². The summed E-state index contributed by atoms with van der Waals surface area (Å²) in [6.45, 7) is 16.2. The summed E-state index contributed by atoms with van der Waals surface area (Å²) in [5, 5.41) is 3.26. The summed E-state index contributed by atoms with van der Waals surface area (Å²) in [4.78, 5) is 14.1. The minimum absolute atomic E-state index is 0.154. The van der Waals surface area contributed by atoms with Gasteiger partial charge in [-0.05, 0) is 29.4 Å². The number of anilines is 1. The minimum atomic E-state index is 0.154. The van der Waals surface area contributed by atoms with Gasteiger partial charge in [-0.2, -0.15) is 0 Å². The summed E-state index contributed by atoms with van der Waals surface area (Å²) in [6, 6.07) is 6.40. The number of quaternary nitrogens is 1. The maximum atomic E-state index is 12.7. The molecule has 1 aromatic rings. The van der Waals surface area contributed by atoms with E-state index in [-0.39, 0.29) is 5.91 Å². The van der Waals surface area contributed by atoms with Crippen molar-refractivity contribution in [2.45, 2.75) is 59.8 Å². The van der Waals surface area contributed by atoms with Gasteiger partial charge in [-0.3, -0.25) is 4.79 Å². The Bertz CT molecular complexity index is 529. The molecule has 134 valence electrons. The van der Waals surface area contributed by atoms with Gasteiger partial charge in [0.2, 0.25) is 0 Å². The van der Waals surface area contributed by atoms with Crippen molar-refractivity contribution in [2.24, 2.45) is 11.8 Å². The lowest BCUT2D eigenvalue weighted by Gasteiger charge is -2.31. The third kappa shape index (κ3) is 4.83. The fourth-order valence-electron chi connectivity index (χ4n) is 4.17. The van der Waals surface area contributed by atoms with Crippen LogP contribution in [0.3, 0.4) is 0 Å². The molecular formula is C21H35N2O+. The van der Waals surface area contributed by atoms with Gasteiger partial charge < -0.3 is 10.2 Å². The van der Waals surface area contributed by atoms with Gasteiger partial charge in [0.25, 0.3) is 5.91 Å².